The molecular weight excluding hydrogens is 555 g/mol. The van der Waals surface area contributed by atoms with Crippen molar-refractivity contribution in [3.8, 4) is 0 Å². The molecule has 2 heterocycles. The van der Waals surface area contributed by atoms with Gasteiger partial charge in [0, 0.05) is 71.7 Å². The van der Waals surface area contributed by atoms with E-state index in [0.29, 0.717) is 36.0 Å². The molecule has 2 aliphatic heterocycles. The number of likely N-dealkylation sites (N-methyl/N-ethyl adjacent to an activating group) is 1. The number of carbonyl (C=O) groups is 1. The molecule has 1 atom stereocenters. The first-order chi connectivity index (χ1) is 19.8. The molecule has 0 saturated carbocycles. The molecule has 0 aromatic heterocycles. The van der Waals surface area contributed by atoms with Gasteiger partial charge in [-0.1, -0.05) is 89.9 Å². The lowest BCUT2D eigenvalue weighted by atomic mass is 9.70. The number of hydrogen-bond donors (Lipinski definition) is 1. The normalized spacial score (nSPS) is 18.7. The zero-order chi connectivity index (χ0) is 29.0. The molecule has 5 rings (SSSR count). The van der Waals surface area contributed by atoms with Crippen LogP contribution in [0.2, 0.25) is 10.0 Å². The highest BCUT2D eigenvalue weighted by Crippen LogP contribution is 2.39. The molecule has 3 aromatic rings. The number of nitrogens with zero attached hydrogens (tertiary/aromatic N) is 4. The number of β-amino-alcohol motifs (C(OH)–C–C–N with tert-alkyl or cyclic N) is 1. The summed E-state index contributed by atoms with van der Waals surface area (Å²) in [4.78, 5) is 22.6. The molecule has 41 heavy (non-hydrogen) atoms. The Morgan fingerprint density at radius 3 is 2.12 bits per heavy atom. The van der Waals surface area contributed by atoms with Crippen LogP contribution in [-0.4, -0.2) is 85.2 Å². The largest absolute Gasteiger partial charge is 0.391 e. The number of halogens is 2. The first kappa shape index (κ1) is 29.3. The molecule has 8 heteroatoms. The number of hydrogen-bond acceptors (Lipinski definition) is 5. The van der Waals surface area contributed by atoms with Crippen molar-refractivity contribution >= 4 is 34.8 Å². The van der Waals surface area contributed by atoms with Gasteiger partial charge in [-0.3, -0.25) is 4.79 Å². The summed E-state index contributed by atoms with van der Waals surface area (Å²) in [7, 11) is 3.65. The van der Waals surface area contributed by atoms with Crippen LogP contribution in [0.4, 0.5) is 5.69 Å². The zero-order valence-electron chi connectivity index (χ0n) is 23.7. The summed E-state index contributed by atoms with van der Waals surface area (Å²) in [6.45, 7) is 4.54. The predicted molar refractivity (Wildman–Crippen MR) is 168 cm³/mol. The minimum Gasteiger partial charge on any atom is -0.391 e. The summed E-state index contributed by atoms with van der Waals surface area (Å²) >= 11 is 12.7. The summed E-state index contributed by atoms with van der Waals surface area (Å²) < 4.78 is 0. The van der Waals surface area contributed by atoms with Gasteiger partial charge >= 0.3 is 0 Å². The minimum absolute atomic E-state index is 0.0518. The summed E-state index contributed by atoms with van der Waals surface area (Å²) in [5.41, 5.74) is 3.19. The number of likely N-dealkylation sites (tertiary alicyclic amines) is 1. The van der Waals surface area contributed by atoms with Gasteiger partial charge in [0.05, 0.1) is 21.8 Å². The van der Waals surface area contributed by atoms with Gasteiger partial charge in [-0.15, -0.1) is 0 Å². The molecule has 1 unspecified atom stereocenters. The zero-order valence-corrected chi connectivity index (χ0v) is 25.2. The summed E-state index contributed by atoms with van der Waals surface area (Å²) in [5, 5.41) is 11.9. The average molecular weight is 594 g/mol. The fourth-order valence-electron chi connectivity index (χ4n) is 6.15. The lowest BCUT2D eigenvalue weighted by Crippen LogP contribution is -2.47. The summed E-state index contributed by atoms with van der Waals surface area (Å²) in [6, 6.07) is 25.9. The Morgan fingerprint density at radius 2 is 1.54 bits per heavy atom. The van der Waals surface area contributed by atoms with Crippen LogP contribution in [0.25, 0.3) is 0 Å². The van der Waals surface area contributed by atoms with Gasteiger partial charge in [0.25, 0.3) is 0 Å². The van der Waals surface area contributed by atoms with E-state index in [1.165, 1.54) is 0 Å². The third-order valence-corrected chi connectivity index (χ3v) is 9.07. The minimum atomic E-state index is -0.841. The number of amides is 1. The van der Waals surface area contributed by atoms with Crippen molar-refractivity contribution in [2.75, 3.05) is 58.3 Å². The van der Waals surface area contributed by atoms with Crippen LogP contribution in [0.3, 0.4) is 0 Å². The molecular formula is C33H38Cl2N4O2. The van der Waals surface area contributed by atoms with E-state index in [2.05, 4.69) is 45.2 Å². The van der Waals surface area contributed by atoms with E-state index in [-0.39, 0.29) is 5.91 Å². The van der Waals surface area contributed by atoms with Crippen molar-refractivity contribution in [2.24, 2.45) is 0 Å². The van der Waals surface area contributed by atoms with Crippen LogP contribution in [0.15, 0.2) is 90.8 Å². The molecule has 2 fully saturated rings. The lowest BCUT2D eigenvalue weighted by molar-refractivity contribution is -0.133. The highest BCUT2D eigenvalue weighted by atomic mass is 35.5. The second-order valence-electron chi connectivity index (χ2n) is 11.1. The van der Waals surface area contributed by atoms with Crippen LogP contribution < -0.4 is 4.90 Å². The molecule has 0 aliphatic carbocycles. The van der Waals surface area contributed by atoms with Crippen LogP contribution in [-0.2, 0) is 10.2 Å². The molecule has 6 nitrogen and oxygen atoms in total. The molecule has 0 radical (unpaired) electrons. The quantitative estimate of drug-likeness (QED) is 0.375. The number of rotatable bonds is 8. The van der Waals surface area contributed by atoms with Crippen molar-refractivity contribution in [3.63, 3.8) is 0 Å². The van der Waals surface area contributed by atoms with E-state index in [9.17, 15) is 9.90 Å². The molecule has 1 N–H and O–H groups in total. The van der Waals surface area contributed by atoms with Crippen LogP contribution in [0.5, 0.6) is 0 Å². The number of aliphatic hydroxyl groups excluding tert-OH is 1. The summed E-state index contributed by atoms with van der Waals surface area (Å²) in [5.74, 6) is 0.0518. The number of carbonyl (C=O) groups excluding carboxylic acids is 1. The molecule has 1 amide bonds. The van der Waals surface area contributed by atoms with Crippen molar-refractivity contribution in [1.82, 2.24) is 14.7 Å². The maximum absolute atomic E-state index is 14.0. The number of piperazine rings is 1. The third-order valence-electron chi connectivity index (χ3n) is 8.26. The van der Waals surface area contributed by atoms with Gasteiger partial charge in [0.1, 0.15) is 5.41 Å². The van der Waals surface area contributed by atoms with Gasteiger partial charge < -0.3 is 24.7 Å². The average Bonchev–Trinajstić information content (AvgIpc) is 3.34. The van der Waals surface area contributed by atoms with Crippen molar-refractivity contribution < 1.29 is 9.90 Å². The van der Waals surface area contributed by atoms with Crippen molar-refractivity contribution in [1.29, 1.82) is 0 Å². The molecule has 0 spiro atoms. The SMILES string of the molecule is CN(C)C(=O)C(CCN1CC(O)C/C1=C\N1CCN(c2cccc(Cl)c2Cl)CC1)(c1ccccc1)c1ccccc1. The standard InChI is InChI=1S/C33H38Cl2N4O2/c1-36(2)32(41)33(25-10-5-3-6-11-25,26-12-7-4-8-13-26)16-17-39-24-28(40)22-27(39)23-37-18-20-38(21-19-37)30-15-9-14-29(34)31(30)35/h3-15,23,28,40H,16-22,24H2,1-2H3/b27-23+. The van der Waals surface area contributed by atoms with Gasteiger partial charge in [-0.05, 0) is 29.7 Å². The highest BCUT2D eigenvalue weighted by Gasteiger charge is 2.43. The summed E-state index contributed by atoms with van der Waals surface area (Å²) in [6.07, 6.45) is 2.96. The van der Waals surface area contributed by atoms with Crippen LogP contribution in [0, 0.1) is 0 Å². The second-order valence-corrected chi connectivity index (χ2v) is 11.9. The molecule has 216 valence electrons. The molecule has 2 saturated heterocycles. The third kappa shape index (κ3) is 6.20. The number of anilines is 1. The van der Waals surface area contributed by atoms with Crippen LogP contribution in [0.1, 0.15) is 24.0 Å². The molecule has 3 aromatic carbocycles. The van der Waals surface area contributed by atoms with E-state index >= 15 is 0 Å². The van der Waals surface area contributed by atoms with E-state index in [0.717, 1.165) is 48.7 Å². The fourth-order valence-corrected chi connectivity index (χ4v) is 6.57. The van der Waals surface area contributed by atoms with Gasteiger partial charge in [-0.25, -0.2) is 0 Å². The van der Waals surface area contributed by atoms with E-state index in [4.69, 9.17) is 23.2 Å². The number of benzene rings is 3. The van der Waals surface area contributed by atoms with Crippen LogP contribution >= 0.6 is 23.2 Å². The first-order valence-electron chi connectivity index (χ1n) is 14.2. The Kier molecular flexibility index (Phi) is 9.12. The topological polar surface area (TPSA) is 50.3 Å². The van der Waals surface area contributed by atoms with Gasteiger partial charge in [0.2, 0.25) is 5.91 Å². The Hall–Kier alpha value is -3.19. The Labute approximate surface area is 253 Å². The highest BCUT2D eigenvalue weighted by molar-refractivity contribution is 6.43. The maximum atomic E-state index is 14.0. The maximum Gasteiger partial charge on any atom is 0.237 e. The Balaban J connectivity index is 1.36. The van der Waals surface area contributed by atoms with Gasteiger partial charge in [-0.2, -0.15) is 0 Å². The fraction of sp³-hybridized carbons (Fsp3) is 0.364. The van der Waals surface area contributed by atoms with E-state index in [1.54, 1.807) is 4.90 Å². The lowest BCUT2D eigenvalue weighted by Gasteiger charge is -2.38. The van der Waals surface area contributed by atoms with Crippen molar-refractivity contribution in [3.05, 3.63) is 112 Å². The smallest absolute Gasteiger partial charge is 0.237 e. The Bertz CT molecular complexity index is 1320. The first-order valence-corrected chi connectivity index (χ1v) is 14.9. The van der Waals surface area contributed by atoms with E-state index in [1.807, 2.05) is 68.7 Å². The monoisotopic (exact) mass is 592 g/mol. The molecule has 0 bridgehead atoms. The van der Waals surface area contributed by atoms with Crippen molar-refractivity contribution in [2.45, 2.75) is 24.4 Å². The second kappa shape index (κ2) is 12.8. The molecule has 2 aliphatic rings. The van der Waals surface area contributed by atoms with Gasteiger partial charge in [0.15, 0.2) is 0 Å². The van der Waals surface area contributed by atoms with E-state index < -0.39 is 11.5 Å². The number of aliphatic hydroxyl groups is 1. The predicted octanol–water partition coefficient (Wildman–Crippen LogP) is 5.49. The Morgan fingerprint density at radius 1 is 0.927 bits per heavy atom.